The number of hydrogen-bond acceptors (Lipinski definition) is 2. The lowest BCUT2D eigenvalue weighted by Gasteiger charge is -2.21. The first-order chi connectivity index (χ1) is 11.3. The largest absolute Gasteiger partial charge is 0.379 e. The van der Waals surface area contributed by atoms with E-state index in [2.05, 4.69) is 26.0 Å². The Labute approximate surface area is 146 Å². The zero-order valence-electron chi connectivity index (χ0n) is 16.3. The summed E-state index contributed by atoms with van der Waals surface area (Å²) in [5.74, 6) is 0. The van der Waals surface area contributed by atoms with Gasteiger partial charge in [-0.1, -0.05) is 70.4 Å². The highest BCUT2D eigenvalue weighted by Gasteiger charge is 2.15. The van der Waals surface area contributed by atoms with E-state index in [0.29, 0.717) is 0 Å². The van der Waals surface area contributed by atoms with Gasteiger partial charge >= 0.3 is 0 Å². The average molecular weight is 327 g/mol. The quantitative estimate of drug-likeness (QED) is 0.219. The predicted molar refractivity (Wildman–Crippen MR) is 102 cm³/mol. The van der Waals surface area contributed by atoms with E-state index >= 15 is 0 Å². The van der Waals surface area contributed by atoms with Crippen molar-refractivity contribution < 1.29 is 9.47 Å². The van der Waals surface area contributed by atoms with E-state index in [1.165, 1.54) is 64.2 Å². The third kappa shape index (κ3) is 15.0. The third-order valence-corrected chi connectivity index (χ3v) is 4.51. The van der Waals surface area contributed by atoms with E-state index in [9.17, 15) is 0 Å². The van der Waals surface area contributed by atoms with Gasteiger partial charge in [0.15, 0.2) is 0 Å². The number of hydrogen-bond donors (Lipinski definition) is 0. The molecule has 2 unspecified atom stereocenters. The minimum Gasteiger partial charge on any atom is -0.379 e. The van der Waals surface area contributed by atoms with Gasteiger partial charge in [-0.25, -0.2) is 0 Å². The van der Waals surface area contributed by atoms with E-state index in [0.717, 1.165) is 19.4 Å². The van der Waals surface area contributed by atoms with Gasteiger partial charge in [0, 0.05) is 13.7 Å². The summed E-state index contributed by atoms with van der Waals surface area (Å²) >= 11 is 0. The Kier molecular flexibility index (Phi) is 17.7. The Bertz CT molecular complexity index is 250. The van der Waals surface area contributed by atoms with E-state index in [1.54, 1.807) is 7.11 Å². The first kappa shape index (κ1) is 22.7. The molecule has 0 aromatic heterocycles. The fourth-order valence-electron chi connectivity index (χ4n) is 2.98. The van der Waals surface area contributed by atoms with Crippen LogP contribution in [0.1, 0.15) is 97.8 Å². The summed E-state index contributed by atoms with van der Waals surface area (Å²) in [4.78, 5) is 0. The summed E-state index contributed by atoms with van der Waals surface area (Å²) < 4.78 is 11.1. The maximum Gasteiger partial charge on any atom is 0.0833 e. The Morgan fingerprint density at radius 3 is 1.91 bits per heavy atom. The topological polar surface area (TPSA) is 18.5 Å². The highest BCUT2D eigenvalue weighted by Crippen LogP contribution is 2.12. The minimum atomic E-state index is 0.190. The van der Waals surface area contributed by atoms with Gasteiger partial charge in [0.1, 0.15) is 0 Å². The molecule has 0 spiro atoms. The van der Waals surface area contributed by atoms with Crippen LogP contribution in [0.25, 0.3) is 0 Å². The van der Waals surface area contributed by atoms with Crippen LogP contribution in [0.2, 0.25) is 0 Å². The Morgan fingerprint density at radius 2 is 1.35 bits per heavy atom. The number of allylic oxidation sites excluding steroid dienone is 2. The Morgan fingerprint density at radius 1 is 0.783 bits per heavy atom. The van der Waals surface area contributed by atoms with Gasteiger partial charge in [0.05, 0.1) is 12.2 Å². The van der Waals surface area contributed by atoms with Crippen LogP contribution >= 0.6 is 0 Å². The molecule has 0 amide bonds. The summed E-state index contributed by atoms with van der Waals surface area (Å²) in [6.45, 7) is 7.18. The number of rotatable bonds is 17. The van der Waals surface area contributed by atoms with E-state index in [4.69, 9.17) is 9.47 Å². The summed E-state index contributed by atoms with van der Waals surface area (Å²) in [7, 11) is 1.78. The predicted octanol–water partition coefficient (Wildman–Crippen LogP) is 6.68. The van der Waals surface area contributed by atoms with Crippen molar-refractivity contribution in [3.63, 3.8) is 0 Å². The fraction of sp³-hybridized carbons (Fsp3) is 0.905. The van der Waals surface area contributed by atoms with Gasteiger partial charge in [-0.05, 0) is 39.5 Å². The smallest absolute Gasteiger partial charge is 0.0833 e. The zero-order valence-corrected chi connectivity index (χ0v) is 16.3. The average Bonchev–Trinajstić information content (AvgIpc) is 2.55. The highest BCUT2D eigenvalue weighted by molar-refractivity contribution is 4.83. The first-order valence-corrected chi connectivity index (χ1v) is 10.1. The zero-order chi connectivity index (χ0) is 17.2. The highest BCUT2D eigenvalue weighted by atomic mass is 16.5. The molecule has 0 N–H and O–H groups in total. The van der Waals surface area contributed by atoms with Crippen LogP contribution in [0.5, 0.6) is 0 Å². The van der Waals surface area contributed by atoms with Gasteiger partial charge < -0.3 is 9.47 Å². The van der Waals surface area contributed by atoms with E-state index < -0.39 is 0 Å². The second-order valence-electron chi connectivity index (χ2n) is 6.60. The molecule has 138 valence electrons. The van der Waals surface area contributed by atoms with Crippen LogP contribution < -0.4 is 0 Å². The van der Waals surface area contributed by atoms with Crippen molar-refractivity contribution in [2.24, 2.45) is 0 Å². The van der Waals surface area contributed by atoms with Crippen LogP contribution in [0.4, 0.5) is 0 Å². The van der Waals surface area contributed by atoms with E-state index in [-0.39, 0.29) is 12.2 Å². The molecule has 2 heteroatoms. The van der Waals surface area contributed by atoms with E-state index in [1.807, 2.05) is 6.92 Å². The molecule has 0 aromatic rings. The minimum absolute atomic E-state index is 0.190. The molecule has 0 saturated heterocycles. The molecule has 0 radical (unpaired) electrons. The summed E-state index contributed by atoms with van der Waals surface area (Å²) in [5.41, 5.74) is 0. The third-order valence-electron chi connectivity index (χ3n) is 4.51. The standard InChI is InChI=1S/C21H42O2/c1-5-7-8-9-10-11-12-13-14-15-16-17-18-19-21(22-4)20(3)23-6-2/h16-17,20-21H,5-15,18-19H2,1-4H3/b17-16+. The SMILES string of the molecule is CCCCCCCCCCC/C=C/CCC(OC)C(C)OCC. The molecule has 0 aliphatic heterocycles. The molecule has 2 nitrogen and oxygen atoms in total. The number of methoxy groups -OCH3 is 1. The van der Waals surface area contributed by atoms with Crippen molar-refractivity contribution in [3.8, 4) is 0 Å². The van der Waals surface area contributed by atoms with Crippen molar-refractivity contribution >= 4 is 0 Å². The molecule has 0 fully saturated rings. The van der Waals surface area contributed by atoms with Crippen LogP contribution in [-0.2, 0) is 9.47 Å². The van der Waals surface area contributed by atoms with Crippen LogP contribution in [0.15, 0.2) is 12.2 Å². The van der Waals surface area contributed by atoms with Crippen LogP contribution in [0, 0.1) is 0 Å². The fourth-order valence-corrected chi connectivity index (χ4v) is 2.98. The van der Waals surface area contributed by atoms with Gasteiger partial charge in [-0.3, -0.25) is 0 Å². The molecule has 0 aliphatic carbocycles. The normalized spacial score (nSPS) is 14.4. The molecular formula is C21H42O2. The van der Waals surface area contributed by atoms with Gasteiger partial charge in [0.2, 0.25) is 0 Å². The van der Waals surface area contributed by atoms with Crippen molar-refractivity contribution in [3.05, 3.63) is 12.2 Å². The molecule has 0 aromatic carbocycles. The lowest BCUT2D eigenvalue weighted by Crippen LogP contribution is -2.27. The van der Waals surface area contributed by atoms with Gasteiger partial charge in [0.25, 0.3) is 0 Å². The van der Waals surface area contributed by atoms with Gasteiger partial charge in [-0.15, -0.1) is 0 Å². The molecular weight excluding hydrogens is 284 g/mol. The summed E-state index contributed by atoms with van der Waals surface area (Å²) in [5, 5.41) is 0. The maximum atomic E-state index is 5.61. The molecule has 2 atom stereocenters. The molecule has 0 rings (SSSR count). The first-order valence-electron chi connectivity index (χ1n) is 10.1. The maximum absolute atomic E-state index is 5.61. The molecule has 0 aliphatic rings. The van der Waals surface area contributed by atoms with Crippen molar-refractivity contribution in [2.75, 3.05) is 13.7 Å². The van der Waals surface area contributed by atoms with Crippen molar-refractivity contribution in [1.82, 2.24) is 0 Å². The van der Waals surface area contributed by atoms with Crippen molar-refractivity contribution in [1.29, 1.82) is 0 Å². The number of unbranched alkanes of at least 4 members (excludes halogenated alkanes) is 9. The molecule has 0 bridgehead atoms. The Balaban J connectivity index is 3.40. The van der Waals surface area contributed by atoms with Crippen molar-refractivity contribution in [2.45, 2.75) is 110 Å². The van der Waals surface area contributed by atoms with Crippen LogP contribution in [-0.4, -0.2) is 25.9 Å². The summed E-state index contributed by atoms with van der Waals surface area (Å²) in [6, 6.07) is 0. The number of ether oxygens (including phenoxy) is 2. The van der Waals surface area contributed by atoms with Crippen LogP contribution in [0.3, 0.4) is 0 Å². The summed E-state index contributed by atoms with van der Waals surface area (Å²) in [6.07, 6.45) is 21.1. The second-order valence-corrected chi connectivity index (χ2v) is 6.60. The lowest BCUT2D eigenvalue weighted by atomic mass is 10.1. The lowest BCUT2D eigenvalue weighted by molar-refractivity contribution is -0.0456. The van der Waals surface area contributed by atoms with Gasteiger partial charge in [-0.2, -0.15) is 0 Å². The monoisotopic (exact) mass is 326 g/mol. The molecule has 23 heavy (non-hydrogen) atoms. The molecule has 0 saturated carbocycles. The Hall–Kier alpha value is -0.340. The second kappa shape index (κ2) is 18.0. The molecule has 0 heterocycles.